The second-order valence-corrected chi connectivity index (χ2v) is 10.7. The molecule has 0 saturated carbocycles. The number of hydrogen-bond acceptors (Lipinski definition) is 11. The predicted octanol–water partition coefficient (Wildman–Crippen LogP) is -1.79. The van der Waals surface area contributed by atoms with Crippen LogP contribution >= 0.6 is 22.9 Å². The van der Waals surface area contributed by atoms with Gasteiger partial charge < -0.3 is 15.5 Å². The van der Waals surface area contributed by atoms with E-state index >= 15 is 0 Å². The van der Waals surface area contributed by atoms with Crippen LogP contribution in [0.2, 0.25) is 0 Å². The van der Waals surface area contributed by atoms with Gasteiger partial charge in [0.2, 0.25) is 5.91 Å². The highest BCUT2D eigenvalue weighted by molar-refractivity contribution is 7.90. The molecule has 0 bridgehead atoms. The van der Waals surface area contributed by atoms with Crippen LogP contribution in [0.5, 0.6) is 0 Å². The van der Waals surface area contributed by atoms with E-state index in [-0.39, 0.29) is 21.0 Å². The van der Waals surface area contributed by atoms with E-state index in [0.717, 1.165) is 24.7 Å². The Morgan fingerprint density at radius 3 is 2.55 bits per heavy atom. The number of alkyl halides is 1. The van der Waals surface area contributed by atoms with Crippen LogP contribution in [0.25, 0.3) is 0 Å². The van der Waals surface area contributed by atoms with Crippen LogP contribution in [0, 0.1) is 0 Å². The fraction of sp³-hybridized carbons (Fsp3) is 0.462. The van der Waals surface area contributed by atoms with Crippen molar-refractivity contribution in [3.63, 3.8) is 0 Å². The number of nitrogens with one attached hydrogen (secondary N) is 2. The summed E-state index contributed by atoms with van der Waals surface area (Å²) in [4.78, 5) is 44.7. The van der Waals surface area contributed by atoms with Gasteiger partial charge in [-0.15, -0.1) is 22.9 Å². The van der Waals surface area contributed by atoms with E-state index in [4.69, 9.17) is 16.2 Å². The van der Waals surface area contributed by atoms with Crippen molar-refractivity contribution in [1.82, 2.24) is 14.6 Å². The normalized spacial score (nSPS) is 19.5. The van der Waals surface area contributed by atoms with Gasteiger partial charge in [-0.2, -0.15) is 8.42 Å². The van der Waals surface area contributed by atoms with Crippen molar-refractivity contribution in [3.8, 4) is 0 Å². The minimum Gasteiger partial charge on any atom is -0.398 e. The molecule has 31 heavy (non-hydrogen) atoms. The van der Waals surface area contributed by atoms with Crippen molar-refractivity contribution in [2.24, 2.45) is 5.16 Å². The fourth-order valence-corrected chi connectivity index (χ4v) is 5.25. The van der Waals surface area contributed by atoms with Gasteiger partial charge in [0.25, 0.3) is 11.8 Å². The monoisotopic (exact) mass is 517 g/mol. The number of aromatic nitrogens is 1. The number of oxime groups is 1. The Labute approximate surface area is 185 Å². The van der Waals surface area contributed by atoms with E-state index in [2.05, 4.69) is 25.6 Å². The molecule has 18 heteroatoms. The molecule has 0 aromatic carbocycles. The molecule has 3 N–H and O–H groups in total. The predicted molar refractivity (Wildman–Crippen MR) is 109 cm³/mol. The number of carbonyl (C=O) groups is 3. The largest absolute Gasteiger partial charge is 0.398 e. The van der Waals surface area contributed by atoms with Crippen LogP contribution < -0.4 is 10.6 Å². The Kier molecular flexibility index (Phi) is 7.58. The standard InChI is InChI=1S/C13H16ClN5O9S3/c1-28-18-9(6-4-29-13(15-6)16-8(20)3-14)11(21)17-10-7(5-30(2,23)24)19(12(10)22)31(25,26)27/h4,7,10H,3,5H2,1-2H3,(H,17,21)(H,15,16,20)(H,25,26,27)/b18-9-. The molecule has 1 saturated heterocycles. The van der Waals surface area contributed by atoms with Crippen LogP contribution in [-0.2, 0) is 39.4 Å². The summed E-state index contributed by atoms with van der Waals surface area (Å²) in [5, 5.41) is 9.45. The molecular weight excluding hydrogens is 502 g/mol. The maximum Gasteiger partial charge on any atom is 0.362 e. The molecule has 0 radical (unpaired) electrons. The Balaban J connectivity index is 2.26. The van der Waals surface area contributed by atoms with E-state index in [9.17, 15) is 31.2 Å². The van der Waals surface area contributed by atoms with E-state index in [0.29, 0.717) is 0 Å². The molecule has 1 aliphatic heterocycles. The summed E-state index contributed by atoms with van der Waals surface area (Å²) >= 11 is 6.32. The lowest BCUT2D eigenvalue weighted by atomic mass is 10.0. The first-order valence-electron chi connectivity index (χ1n) is 8.00. The van der Waals surface area contributed by atoms with E-state index in [1.165, 1.54) is 5.38 Å². The van der Waals surface area contributed by atoms with Crippen molar-refractivity contribution in [3.05, 3.63) is 11.1 Å². The van der Waals surface area contributed by atoms with Crippen molar-refractivity contribution in [1.29, 1.82) is 0 Å². The molecule has 1 aromatic heterocycles. The average Bonchev–Trinajstić information content (AvgIpc) is 3.09. The maximum absolute atomic E-state index is 12.6. The lowest BCUT2D eigenvalue weighted by Crippen LogP contribution is -2.73. The molecule has 172 valence electrons. The van der Waals surface area contributed by atoms with Crippen molar-refractivity contribution >= 4 is 71.6 Å². The van der Waals surface area contributed by atoms with Crippen LogP contribution in [0.15, 0.2) is 10.5 Å². The summed E-state index contributed by atoms with van der Waals surface area (Å²) in [6.45, 7) is 0. The van der Waals surface area contributed by atoms with Gasteiger partial charge in [0.1, 0.15) is 34.6 Å². The number of anilines is 1. The summed E-state index contributed by atoms with van der Waals surface area (Å²) in [5.41, 5.74) is -0.506. The summed E-state index contributed by atoms with van der Waals surface area (Å²) in [6.07, 6.45) is 0.792. The van der Waals surface area contributed by atoms with Gasteiger partial charge in [0, 0.05) is 11.6 Å². The molecule has 2 unspecified atom stereocenters. The number of sulfone groups is 1. The van der Waals surface area contributed by atoms with Crippen LogP contribution in [0.4, 0.5) is 5.13 Å². The van der Waals surface area contributed by atoms with Gasteiger partial charge in [-0.25, -0.2) is 17.7 Å². The van der Waals surface area contributed by atoms with Gasteiger partial charge >= 0.3 is 10.3 Å². The zero-order valence-corrected chi connectivity index (χ0v) is 19.0. The molecule has 1 fully saturated rings. The first kappa shape index (κ1) is 24.9. The van der Waals surface area contributed by atoms with Gasteiger partial charge in [-0.1, -0.05) is 5.16 Å². The third-order valence-electron chi connectivity index (χ3n) is 3.69. The second kappa shape index (κ2) is 9.43. The summed E-state index contributed by atoms with van der Waals surface area (Å²) in [6, 6.07) is -3.15. The van der Waals surface area contributed by atoms with E-state index in [1.807, 2.05) is 0 Å². The minimum atomic E-state index is -5.05. The molecule has 2 atom stereocenters. The zero-order valence-electron chi connectivity index (χ0n) is 15.8. The molecule has 2 heterocycles. The highest BCUT2D eigenvalue weighted by Crippen LogP contribution is 2.25. The molecule has 2 rings (SSSR count). The zero-order chi connectivity index (χ0) is 23.6. The number of nitrogens with zero attached hydrogens (tertiary/aromatic N) is 3. The summed E-state index contributed by atoms with van der Waals surface area (Å²) in [5.74, 6) is -4.01. The Hall–Kier alpha value is -2.34. The highest BCUT2D eigenvalue weighted by atomic mass is 35.5. The van der Waals surface area contributed by atoms with Crippen LogP contribution in [0.3, 0.4) is 0 Å². The topological polar surface area (TPSA) is 202 Å². The molecule has 1 aromatic rings. The fourth-order valence-electron chi connectivity index (χ4n) is 2.53. The molecule has 0 aliphatic carbocycles. The Morgan fingerprint density at radius 1 is 1.39 bits per heavy atom. The number of rotatable bonds is 9. The Morgan fingerprint density at radius 2 is 2.03 bits per heavy atom. The second-order valence-electron chi connectivity index (χ2n) is 6.06. The van der Waals surface area contributed by atoms with Gasteiger partial charge in [0.05, 0.1) is 11.8 Å². The van der Waals surface area contributed by atoms with Crippen molar-refractivity contribution < 1.29 is 40.6 Å². The van der Waals surface area contributed by atoms with Gasteiger partial charge in [-0.05, 0) is 0 Å². The first-order chi connectivity index (χ1) is 14.3. The van der Waals surface area contributed by atoms with Gasteiger partial charge in [0.15, 0.2) is 10.8 Å². The summed E-state index contributed by atoms with van der Waals surface area (Å²) < 4.78 is 55.1. The van der Waals surface area contributed by atoms with Gasteiger partial charge in [-0.3, -0.25) is 18.9 Å². The minimum absolute atomic E-state index is 0.0330. The first-order valence-corrected chi connectivity index (χ1v) is 12.9. The number of hydrogen-bond donors (Lipinski definition) is 3. The quantitative estimate of drug-likeness (QED) is 0.110. The number of amides is 3. The molecule has 0 spiro atoms. The molecule has 3 amide bonds. The van der Waals surface area contributed by atoms with E-state index < -0.39 is 61.4 Å². The molecule has 14 nitrogen and oxygen atoms in total. The highest BCUT2D eigenvalue weighted by Gasteiger charge is 2.55. The van der Waals surface area contributed by atoms with Crippen LogP contribution in [-0.4, -0.2) is 91.2 Å². The number of carbonyl (C=O) groups excluding carboxylic acids is 3. The molecule has 1 aliphatic rings. The summed E-state index contributed by atoms with van der Waals surface area (Å²) in [7, 11) is -7.73. The lowest BCUT2D eigenvalue weighted by molar-refractivity contribution is -0.143. The third kappa shape index (κ3) is 6.10. The number of thiazole rings is 1. The van der Waals surface area contributed by atoms with E-state index in [1.54, 1.807) is 0 Å². The van der Waals surface area contributed by atoms with Crippen molar-refractivity contribution in [2.45, 2.75) is 12.1 Å². The SMILES string of the molecule is CO/N=C(\C(=O)NC1C(=O)N(S(=O)(=O)O)C1CS(C)(=O)=O)c1csc(NC(=O)CCl)n1. The average molecular weight is 518 g/mol. The van der Waals surface area contributed by atoms with Crippen molar-refractivity contribution in [2.75, 3.05) is 30.3 Å². The number of halogens is 1. The lowest BCUT2D eigenvalue weighted by Gasteiger charge is -2.43. The maximum atomic E-state index is 12.6. The molecular formula is C13H16ClN5O9S3. The Bertz CT molecular complexity index is 1130. The smallest absolute Gasteiger partial charge is 0.362 e. The number of β-lactam (4-membered cyclic amide) rings is 1. The van der Waals surface area contributed by atoms with Crippen LogP contribution in [0.1, 0.15) is 5.69 Å². The third-order valence-corrected chi connectivity index (χ3v) is 6.59.